The standard InChI is InChI=1S/C15H24ClN3O/c1-11(2)8-18-9-12-5-6-14(13(16)7-12)19(4)10-15(20)17-3/h5-7,11,18H,8-10H2,1-4H3,(H,17,20). The molecule has 1 aromatic carbocycles. The second-order valence-electron chi connectivity index (χ2n) is 5.34. The summed E-state index contributed by atoms with van der Waals surface area (Å²) in [5.74, 6) is 0.592. The van der Waals surface area contributed by atoms with E-state index in [9.17, 15) is 4.79 Å². The van der Waals surface area contributed by atoms with Crippen molar-refractivity contribution in [2.24, 2.45) is 5.92 Å². The molecule has 0 aliphatic carbocycles. The largest absolute Gasteiger partial charge is 0.364 e. The third kappa shape index (κ3) is 5.39. The van der Waals surface area contributed by atoms with Crippen LogP contribution in [0.5, 0.6) is 0 Å². The Labute approximate surface area is 126 Å². The maximum Gasteiger partial charge on any atom is 0.239 e. The van der Waals surface area contributed by atoms with Crippen LogP contribution in [0.25, 0.3) is 0 Å². The van der Waals surface area contributed by atoms with E-state index in [4.69, 9.17) is 11.6 Å². The SMILES string of the molecule is CNC(=O)CN(C)c1ccc(CNCC(C)C)cc1Cl. The number of benzene rings is 1. The Hall–Kier alpha value is -1.26. The molecule has 0 aliphatic heterocycles. The van der Waals surface area contributed by atoms with E-state index in [1.165, 1.54) is 0 Å². The molecule has 2 N–H and O–H groups in total. The fraction of sp³-hybridized carbons (Fsp3) is 0.533. The van der Waals surface area contributed by atoms with E-state index in [0.29, 0.717) is 17.5 Å². The zero-order valence-corrected chi connectivity index (χ0v) is 13.4. The van der Waals surface area contributed by atoms with Crippen molar-refractivity contribution in [2.75, 3.05) is 32.1 Å². The van der Waals surface area contributed by atoms with Crippen LogP contribution in [-0.2, 0) is 11.3 Å². The predicted octanol–water partition coefficient (Wildman–Crippen LogP) is 2.27. The highest BCUT2D eigenvalue weighted by Gasteiger charge is 2.10. The molecule has 20 heavy (non-hydrogen) atoms. The lowest BCUT2D eigenvalue weighted by atomic mass is 10.1. The first-order valence-electron chi connectivity index (χ1n) is 6.85. The van der Waals surface area contributed by atoms with Crippen LogP contribution in [-0.4, -0.2) is 33.1 Å². The quantitative estimate of drug-likeness (QED) is 0.811. The fourth-order valence-corrected chi connectivity index (χ4v) is 2.20. The van der Waals surface area contributed by atoms with Gasteiger partial charge in [0.2, 0.25) is 5.91 Å². The number of carbonyl (C=O) groups excluding carboxylic acids is 1. The summed E-state index contributed by atoms with van der Waals surface area (Å²) in [7, 11) is 3.48. The molecule has 0 unspecified atom stereocenters. The summed E-state index contributed by atoms with van der Waals surface area (Å²) >= 11 is 6.29. The number of carbonyl (C=O) groups is 1. The van der Waals surface area contributed by atoms with E-state index < -0.39 is 0 Å². The Bertz CT molecular complexity index is 449. The summed E-state index contributed by atoms with van der Waals surface area (Å²) in [5, 5.41) is 6.65. The van der Waals surface area contributed by atoms with Gasteiger partial charge in [0.25, 0.3) is 0 Å². The van der Waals surface area contributed by atoms with Crippen molar-refractivity contribution in [2.45, 2.75) is 20.4 Å². The monoisotopic (exact) mass is 297 g/mol. The number of anilines is 1. The summed E-state index contributed by atoms with van der Waals surface area (Å²) in [6, 6.07) is 5.94. The summed E-state index contributed by atoms with van der Waals surface area (Å²) in [6.07, 6.45) is 0. The summed E-state index contributed by atoms with van der Waals surface area (Å²) < 4.78 is 0. The van der Waals surface area contributed by atoms with Gasteiger partial charge in [0, 0.05) is 20.6 Å². The third-order valence-corrected chi connectivity index (χ3v) is 3.27. The van der Waals surface area contributed by atoms with Gasteiger partial charge in [0.15, 0.2) is 0 Å². The molecule has 0 aromatic heterocycles. The average molecular weight is 298 g/mol. The van der Waals surface area contributed by atoms with E-state index in [0.717, 1.165) is 24.3 Å². The van der Waals surface area contributed by atoms with E-state index >= 15 is 0 Å². The van der Waals surface area contributed by atoms with E-state index in [2.05, 4.69) is 24.5 Å². The number of likely N-dealkylation sites (N-methyl/N-ethyl adjacent to an activating group) is 2. The average Bonchev–Trinajstić information content (AvgIpc) is 2.38. The molecule has 5 heteroatoms. The van der Waals surface area contributed by atoms with Gasteiger partial charge in [-0.25, -0.2) is 0 Å². The van der Waals surface area contributed by atoms with Crippen LogP contribution in [0.1, 0.15) is 19.4 Å². The number of nitrogens with one attached hydrogen (secondary N) is 2. The fourth-order valence-electron chi connectivity index (χ4n) is 1.85. The van der Waals surface area contributed by atoms with Crippen LogP contribution in [0.2, 0.25) is 5.02 Å². The maximum absolute atomic E-state index is 11.4. The van der Waals surface area contributed by atoms with E-state index in [1.807, 2.05) is 30.1 Å². The number of rotatable bonds is 7. The van der Waals surface area contributed by atoms with Gasteiger partial charge in [0.1, 0.15) is 0 Å². The van der Waals surface area contributed by atoms with Gasteiger partial charge in [0.05, 0.1) is 17.3 Å². The molecule has 0 radical (unpaired) electrons. The van der Waals surface area contributed by atoms with Crippen molar-refractivity contribution >= 4 is 23.2 Å². The molecule has 1 amide bonds. The molecular weight excluding hydrogens is 274 g/mol. The number of hydrogen-bond acceptors (Lipinski definition) is 3. The van der Waals surface area contributed by atoms with Gasteiger partial charge >= 0.3 is 0 Å². The zero-order chi connectivity index (χ0) is 15.1. The van der Waals surface area contributed by atoms with Crippen LogP contribution >= 0.6 is 11.6 Å². The molecule has 1 rings (SSSR count). The second kappa shape index (κ2) is 8.12. The summed E-state index contributed by atoms with van der Waals surface area (Å²) in [5.41, 5.74) is 2.01. The molecule has 0 heterocycles. The Kier molecular flexibility index (Phi) is 6.82. The van der Waals surface area contributed by atoms with Crippen molar-refractivity contribution in [3.8, 4) is 0 Å². The topological polar surface area (TPSA) is 44.4 Å². The molecule has 1 aromatic rings. The zero-order valence-electron chi connectivity index (χ0n) is 12.7. The Balaban J connectivity index is 2.65. The van der Waals surface area contributed by atoms with Gasteiger partial charge in [-0.15, -0.1) is 0 Å². The molecule has 0 saturated carbocycles. The maximum atomic E-state index is 11.4. The van der Waals surface area contributed by atoms with Gasteiger partial charge < -0.3 is 15.5 Å². The highest BCUT2D eigenvalue weighted by Crippen LogP contribution is 2.25. The molecule has 4 nitrogen and oxygen atoms in total. The van der Waals surface area contributed by atoms with E-state index in [1.54, 1.807) is 7.05 Å². The third-order valence-electron chi connectivity index (χ3n) is 2.96. The van der Waals surface area contributed by atoms with Crippen molar-refractivity contribution in [1.82, 2.24) is 10.6 Å². The molecule has 0 aliphatic rings. The number of nitrogens with zero attached hydrogens (tertiary/aromatic N) is 1. The van der Waals surface area contributed by atoms with Gasteiger partial charge in [-0.3, -0.25) is 4.79 Å². The Morgan fingerprint density at radius 1 is 1.40 bits per heavy atom. The first-order valence-corrected chi connectivity index (χ1v) is 7.22. The molecule has 0 atom stereocenters. The van der Waals surface area contributed by atoms with E-state index in [-0.39, 0.29) is 5.91 Å². The number of halogens is 1. The minimum Gasteiger partial charge on any atom is -0.364 e. The normalized spacial score (nSPS) is 10.7. The second-order valence-corrected chi connectivity index (χ2v) is 5.75. The van der Waals surface area contributed by atoms with Crippen LogP contribution in [0, 0.1) is 5.92 Å². The molecule has 112 valence electrons. The lowest BCUT2D eigenvalue weighted by molar-refractivity contribution is -0.119. The Morgan fingerprint density at radius 3 is 2.65 bits per heavy atom. The first-order chi connectivity index (χ1) is 9.43. The molecule has 0 spiro atoms. The van der Waals surface area contributed by atoms with Gasteiger partial charge in [-0.05, 0) is 30.2 Å². The highest BCUT2D eigenvalue weighted by molar-refractivity contribution is 6.33. The van der Waals surface area contributed by atoms with Crippen molar-refractivity contribution < 1.29 is 4.79 Å². The molecule has 0 saturated heterocycles. The smallest absolute Gasteiger partial charge is 0.239 e. The minimum absolute atomic E-state index is 0.0359. The lowest BCUT2D eigenvalue weighted by Crippen LogP contribution is -2.33. The predicted molar refractivity (Wildman–Crippen MR) is 85.3 cm³/mol. The molecule has 0 bridgehead atoms. The first kappa shape index (κ1) is 16.8. The molecule has 0 fully saturated rings. The number of hydrogen-bond donors (Lipinski definition) is 2. The van der Waals surface area contributed by atoms with Crippen LogP contribution in [0.15, 0.2) is 18.2 Å². The van der Waals surface area contributed by atoms with Gasteiger partial charge in [-0.2, -0.15) is 0 Å². The highest BCUT2D eigenvalue weighted by atomic mass is 35.5. The summed E-state index contributed by atoms with van der Waals surface area (Å²) in [4.78, 5) is 13.2. The number of amides is 1. The summed E-state index contributed by atoms with van der Waals surface area (Å²) in [6.45, 7) is 6.43. The Morgan fingerprint density at radius 2 is 2.10 bits per heavy atom. The van der Waals surface area contributed by atoms with Crippen molar-refractivity contribution in [1.29, 1.82) is 0 Å². The van der Waals surface area contributed by atoms with Crippen LogP contribution < -0.4 is 15.5 Å². The minimum atomic E-state index is -0.0359. The van der Waals surface area contributed by atoms with Crippen molar-refractivity contribution in [3.05, 3.63) is 28.8 Å². The van der Waals surface area contributed by atoms with Gasteiger partial charge in [-0.1, -0.05) is 31.5 Å². The van der Waals surface area contributed by atoms with Crippen LogP contribution in [0.3, 0.4) is 0 Å². The van der Waals surface area contributed by atoms with Crippen LogP contribution in [0.4, 0.5) is 5.69 Å². The lowest BCUT2D eigenvalue weighted by Gasteiger charge is -2.20. The van der Waals surface area contributed by atoms with Crippen molar-refractivity contribution in [3.63, 3.8) is 0 Å². The molecular formula is C15H24ClN3O.